The van der Waals surface area contributed by atoms with E-state index in [1.165, 1.54) is 0 Å². The number of nitrogens with one attached hydrogen (secondary N) is 4. The molecule has 7 nitrogen and oxygen atoms in total. The van der Waals surface area contributed by atoms with Gasteiger partial charge in [-0.3, -0.25) is 0 Å². The van der Waals surface area contributed by atoms with Crippen LogP contribution in [0.5, 0.6) is 0 Å². The number of halogens is 1. The van der Waals surface area contributed by atoms with Crippen molar-refractivity contribution >= 4 is 23.5 Å². The highest BCUT2D eigenvalue weighted by molar-refractivity contribution is 6.28. The second-order valence-electron chi connectivity index (χ2n) is 14.3. The van der Waals surface area contributed by atoms with Crippen molar-refractivity contribution in [1.29, 1.82) is 0 Å². The van der Waals surface area contributed by atoms with Crippen molar-refractivity contribution in [2.75, 3.05) is 23.7 Å². The summed E-state index contributed by atoms with van der Waals surface area (Å²) in [5.74, 6) is 2.18. The van der Waals surface area contributed by atoms with Gasteiger partial charge < -0.3 is 21.3 Å². The van der Waals surface area contributed by atoms with Gasteiger partial charge in [-0.25, -0.2) is 0 Å². The SMILES string of the molecule is CCC(C)(C)C(Nc1nc(Cl)nc(NC(C2CCNC(C)(C)C2)C(C)(C)CC)n1)C1CCNC(C)(C)C1. The summed E-state index contributed by atoms with van der Waals surface area (Å²) in [5.41, 5.74) is 0.409. The highest BCUT2D eigenvalue weighted by Crippen LogP contribution is 2.40. The van der Waals surface area contributed by atoms with Gasteiger partial charge in [-0.2, -0.15) is 15.0 Å². The van der Waals surface area contributed by atoms with E-state index in [1.54, 1.807) is 0 Å². The fourth-order valence-corrected chi connectivity index (χ4v) is 6.68. The van der Waals surface area contributed by atoms with Gasteiger partial charge in [0, 0.05) is 23.2 Å². The molecule has 2 saturated heterocycles. The molecule has 0 saturated carbocycles. The van der Waals surface area contributed by atoms with Crippen LogP contribution in [0.3, 0.4) is 0 Å². The molecule has 4 unspecified atom stereocenters. The van der Waals surface area contributed by atoms with E-state index in [0.29, 0.717) is 23.7 Å². The van der Waals surface area contributed by atoms with Gasteiger partial charge in [0.05, 0.1) is 0 Å². The molecule has 0 amide bonds. The highest BCUT2D eigenvalue weighted by atomic mass is 35.5. The van der Waals surface area contributed by atoms with Gasteiger partial charge in [-0.05, 0) is 114 Å². The van der Waals surface area contributed by atoms with Crippen LogP contribution in [0.2, 0.25) is 5.28 Å². The molecule has 3 heterocycles. The molecule has 1 aromatic heterocycles. The van der Waals surface area contributed by atoms with Gasteiger partial charge in [-0.15, -0.1) is 0 Å². The summed E-state index contributed by atoms with van der Waals surface area (Å²) < 4.78 is 0. The van der Waals surface area contributed by atoms with E-state index in [2.05, 4.69) is 100 Å². The third-order valence-corrected chi connectivity index (χ3v) is 9.58. The van der Waals surface area contributed by atoms with Crippen molar-refractivity contribution < 1.29 is 0 Å². The first-order chi connectivity index (χ1) is 17.1. The molecule has 0 aliphatic carbocycles. The minimum atomic E-state index is 0.0815. The quantitative estimate of drug-likeness (QED) is 0.271. The van der Waals surface area contributed by atoms with Crippen LogP contribution in [0.25, 0.3) is 0 Å². The maximum Gasteiger partial charge on any atom is 0.229 e. The zero-order chi connectivity index (χ0) is 27.6. The maximum absolute atomic E-state index is 6.51. The third kappa shape index (κ3) is 7.92. The molecule has 2 fully saturated rings. The molecule has 0 bridgehead atoms. The Morgan fingerprint density at radius 2 is 1.16 bits per heavy atom. The van der Waals surface area contributed by atoms with E-state index in [4.69, 9.17) is 16.6 Å². The summed E-state index contributed by atoms with van der Waals surface area (Å²) in [6.45, 7) is 25.2. The molecular formula is C29H54ClN7. The zero-order valence-corrected chi connectivity index (χ0v) is 25.9. The normalized spacial score (nSPS) is 25.8. The number of rotatable bonds is 10. The van der Waals surface area contributed by atoms with Gasteiger partial charge in [0.25, 0.3) is 0 Å². The number of hydrogen-bond donors (Lipinski definition) is 4. The Hall–Kier alpha value is -1.18. The molecule has 212 valence electrons. The lowest BCUT2D eigenvalue weighted by molar-refractivity contribution is 0.144. The Balaban J connectivity index is 1.89. The number of anilines is 2. The number of aromatic nitrogens is 3. The average molecular weight is 536 g/mol. The molecule has 4 atom stereocenters. The minimum Gasteiger partial charge on any atom is -0.350 e. The smallest absolute Gasteiger partial charge is 0.229 e. The molecule has 3 rings (SSSR count). The monoisotopic (exact) mass is 535 g/mol. The van der Waals surface area contributed by atoms with Crippen molar-refractivity contribution in [3.05, 3.63) is 5.28 Å². The molecule has 4 N–H and O–H groups in total. The Labute approximate surface area is 231 Å². The van der Waals surface area contributed by atoms with Crippen LogP contribution in [-0.2, 0) is 0 Å². The lowest BCUT2D eigenvalue weighted by atomic mass is 9.69. The topological polar surface area (TPSA) is 86.8 Å². The maximum atomic E-state index is 6.51. The Kier molecular flexibility index (Phi) is 9.45. The van der Waals surface area contributed by atoms with Crippen molar-refractivity contribution in [3.8, 4) is 0 Å². The predicted molar refractivity (Wildman–Crippen MR) is 157 cm³/mol. The largest absolute Gasteiger partial charge is 0.350 e. The van der Waals surface area contributed by atoms with E-state index < -0.39 is 0 Å². The van der Waals surface area contributed by atoms with Crippen molar-refractivity contribution in [2.24, 2.45) is 22.7 Å². The van der Waals surface area contributed by atoms with E-state index in [-0.39, 0.29) is 39.3 Å². The minimum absolute atomic E-state index is 0.0815. The Bertz CT molecular complexity index is 830. The van der Waals surface area contributed by atoms with Gasteiger partial charge in [-0.1, -0.05) is 41.5 Å². The van der Waals surface area contributed by atoms with Crippen LogP contribution >= 0.6 is 11.6 Å². The molecule has 0 spiro atoms. The standard InChI is InChI=1S/C29H54ClN7/c1-11-26(3,4)21(19-13-15-31-28(7,8)17-19)33-24-35-23(30)36-25(37-24)34-22(27(5,6)12-2)20-14-16-32-29(9,10)18-20/h19-22,31-32H,11-18H2,1-10H3,(H2,33,34,35,36,37). The first-order valence-electron chi connectivity index (χ1n) is 14.5. The van der Waals surface area contributed by atoms with Crippen molar-refractivity contribution in [1.82, 2.24) is 25.6 Å². The van der Waals surface area contributed by atoms with Gasteiger partial charge >= 0.3 is 0 Å². The molecule has 37 heavy (non-hydrogen) atoms. The van der Waals surface area contributed by atoms with Crippen LogP contribution in [0, 0.1) is 22.7 Å². The Morgan fingerprint density at radius 3 is 1.49 bits per heavy atom. The zero-order valence-electron chi connectivity index (χ0n) is 25.2. The summed E-state index contributed by atoms with van der Waals surface area (Å²) >= 11 is 6.51. The predicted octanol–water partition coefficient (Wildman–Crippen LogP) is 6.51. The van der Waals surface area contributed by atoms with Gasteiger partial charge in [0.15, 0.2) is 0 Å². The van der Waals surface area contributed by atoms with E-state index in [1.807, 2.05) is 0 Å². The molecule has 8 heteroatoms. The average Bonchev–Trinajstić information content (AvgIpc) is 2.79. The first-order valence-corrected chi connectivity index (χ1v) is 14.9. The van der Waals surface area contributed by atoms with E-state index in [9.17, 15) is 0 Å². The summed E-state index contributed by atoms with van der Waals surface area (Å²) in [4.78, 5) is 14.0. The van der Waals surface area contributed by atoms with Gasteiger partial charge in [0.2, 0.25) is 17.2 Å². The van der Waals surface area contributed by atoms with Crippen LogP contribution in [0.4, 0.5) is 11.9 Å². The summed E-state index contributed by atoms with van der Waals surface area (Å²) in [5, 5.41) is 15.1. The summed E-state index contributed by atoms with van der Waals surface area (Å²) in [7, 11) is 0. The summed E-state index contributed by atoms with van der Waals surface area (Å²) in [6.07, 6.45) is 6.61. The van der Waals surface area contributed by atoms with Crippen LogP contribution in [0.15, 0.2) is 0 Å². The lowest BCUT2D eigenvalue weighted by Crippen LogP contribution is -2.53. The molecule has 0 radical (unpaired) electrons. The number of nitrogens with zero attached hydrogens (tertiary/aromatic N) is 3. The van der Waals surface area contributed by atoms with Crippen molar-refractivity contribution in [2.45, 2.75) is 131 Å². The Morgan fingerprint density at radius 1 is 0.784 bits per heavy atom. The fraction of sp³-hybridized carbons (Fsp3) is 0.897. The molecular weight excluding hydrogens is 482 g/mol. The second kappa shape index (κ2) is 11.5. The number of hydrogen-bond acceptors (Lipinski definition) is 7. The molecule has 2 aliphatic rings. The van der Waals surface area contributed by atoms with Crippen LogP contribution in [-0.4, -0.2) is 51.2 Å². The number of piperidine rings is 2. The van der Waals surface area contributed by atoms with Gasteiger partial charge in [0.1, 0.15) is 0 Å². The van der Waals surface area contributed by atoms with Crippen LogP contribution in [0.1, 0.15) is 108 Å². The molecule has 1 aromatic rings. The van der Waals surface area contributed by atoms with Crippen molar-refractivity contribution in [3.63, 3.8) is 0 Å². The third-order valence-electron chi connectivity index (χ3n) is 9.41. The van der Waals surface area contributed by atoms with Crippen LogP contribution < -0.4 is 21.3 Å². The van der Waals surface area contributed by atoms with E-state index in [0.717, 1.165) is 51.6 Å². The fourth-order valence-electron chi connectivity index (χ4n) is 6.52. The second-order valence-corrected chi connectivity index (χ2v) is 14.6. The van der Waals surface area contributed by atoms with E-state index >= 15 is 0 Å². The first kappa shape index (κ1) is 30.4. The highest BCUT2D eigenvalue weighted by Gasteiger charge is 2.41. The lowest BCUT2D eigenvalue weighted by Gasteiger charge is -2.46. The molecule has 2 aliphatic heterocycles. The summed E-state index contributed by atoms with van der Waals surface area (Å²) in [6, 6.07) is 0.469. The molecule has 0 aromatic carbocycles.